The average molecular weight is 333 g/mol. The van der Waals surface area contributed by atoms with Crippen molar-refractivity contribution in [2.75, 3.05) is 20.2 Å². The first-order valence-electron chi connectivity index (χ1n) is 9.08. The highest BCUT2D eigenvalue weighted by atomic mass is 16.5. The molecule has 1 saturated carbocycles. The molecule has 1 saturated heterocycles. The van der Waals surface area contributed by atoms with Crippen molar-refractivity contribution < 1.29 is 9.53 Å². The SMILES string of the molecule is COC1CC2(CCN(C(=O)NC3CCCn4c(C)nnc43)CC2)C1. The lowest BCUT2D eigenvalue weighted by Gasteiger charge is -2.51. The van der Waals surface area contributed by atoms with Gasteiger partial charge in [-0.1, -0.05) is 0 Å². The molecular formula is C17H27N5O2. The number of nitrogens with one attached hydrogen (secondary N) is 1. The molecule has 2 amide bonds. The van der Waals surface area contributed by atoms with Crippen LogP contribution < -0.4 is 5.32 Å². The molecule has 7 nitrogen and oxygen atoms in total. The van der Waals surface area contributed by atoms with E-state index in [-0.39, 0.29) is 12.1 Å². The van der Waals surface area contributed by atoms with Crippen molar-refractivity contribution in [3.8, 4) is 0 Å². The summed E-state index contributed by atoms with van der Waals surface area (Å²) in [6.07, 6.45) is 6.94. The van der Waals surface area contributed by atoms with E-state index in [1.165, 1.54) is 0 Å². The number of carbonyl (C=O) groups is 1. The smallest absolute Gasteiger partial charge is 0.317 e. The van der Waals surface area contributed by atoms with Crippen molar-refractivity contribution in [2.24, 2.45) is 5.41 Å². The molecule has 1 atom stereocenters. The Balaban J connectivity index is 1.33. The van der Waals surface area contributed by atoms with Crippen molar-refractivity contribution in [3.05, 3.63) is 11.6 Å². The fraction of sp³-hybridized carbons (Fsp3) is 0.824. The summed E-state index contributed by atoms with van der Waals surface area (Å²) in [4.78, 5) is 14.6. The third-order valence-corrected chi connectivity index (χ3v) is 6.21. The average Bonchev–Trinajstić information content (AvgIpc) is 2.95. The molecule has 3 heterocycles. The molecule has 132 valence electrons. The minimum atomic E-state index is -0.00934. The highest BCUT2D eigenvalue weighted by Crippen LogP contribution is 2.50. The lowest BCUT2D eigenvalue weighted by molar-refractivity contribution is -0.0833. The van der Waals surface area contributed by atoms with Gasteiger partial charge in [0, 0.05) is 26.7 Å². The van der Waals surface area contributed by atoms with Gasteiger partial charge >= 0.3 is 6.03 Å². The summed E-state index contributed by atoms with van der Waals surface area (Å²) < 4.78 is 7.54. The molecule has 0 radical (unpaired) electrons. The third kappa shape index (κ3) is 2.68. The minimum Gasteiger partial charge on any atom is -0.381 e. The van der Waals surface area contributed by atoms with Crippen LogP contribution in [0, 0.1) is 12.3 Å². The van der Waals surface area contributed by atoms with Crippen molar-refractivity contribution in [1.29, 1.82) is 0 Å². The van der Waals surface area contributed by atoms with E-state index in [0.717, 1.165) is 69.8 Å². The summed E-state index contributed by atoms with van der Waals surface area (Å²) in [6.45, 7) is 4.62. The standard InChI is InChI=1S/C17H27N5O2/c1-12-19-20-15-14(4-3-7-22(12)15)18-16(23)21-8-5-17(6-9-21)10-13(11-17)24-2/h13-14H,3-11H2,1-2H3,(H,18,23). The number of ether oxygens (including phenoxy) is 1. The Labute approximate surface area is 142 Å². The molecule has 4 rings (SSSR count). The van der Waals surface area contributed by atoms with E-state index in [9.17, 15) is 4.79 Å². The van der Waals surface area contributed by atoms with Crippen molar-refractivity contribution in [1.82, 2.24) is 25.0 Å². The lowest BCUT2D eigenvalue weighted by Crippen LogP contribution is -2.53. The van der Waals surface area contributed by atoms with Crippen molar-refractivity contribution in [3.63, 3.8) is 0 Å². The number of hydrogen-bond donors (Lipinski definition) is 1. The molecule has 0 aromatic carbocycles. The summed E-state index contributed by atoms with van der Waals surface area (Å²) in [6, 6.07) is 0.0384. The van der Waals surface area contributed by atoms with Gasteiger partial charge in [0.05, 0.1) is 12.1 Å². The number of methoxy groups -OCH3 is 1. The first-order chi connectivity index (χ1) is 11.6. The van der Waals surface area contributed by atoms with Crippen molar-refractivity contribution in [2.45, 2.75) is 64.1 Å². The molecule has 3 aliphatic rings. The first kappa shape index (κ1) is 15.9. The molecule has 2 aliphatic heterocycles. The van der Waals surface area contributed by atoms with E-state index in [0.29, 0.717) is 11.5 Å². The molecule has 1 aromatic rings. The quantitative estimate of drug-likeness (QED) is 0.899. The number of aryl methyl sites for hydroxylation is 1. The van der Waals surface area contributed by atoms with Gasteiger partial charge < -0.3 is 19.5 Å². The number of likely N-dealkylation sites (tertiary alicyclic amines) is 1. The number of fused-ring (bicyclic) bond motifs is 1. The Morgan fingerprint density at radius 2 is 2.00 bits per heavy atom. The topological polar surface area (TPSA) is 72.3 Å². The van der Waals surface area contributed by atoms with Gasteiger partial charge in [0.15, 0.2) is 5.82 Å². The largest absolute Gasteiger partial charge is 0.381 e. The first-order valence-corrected chi connectivity index (χ1v) is 9.08. The minimum absolute atomic E-state index is 0.00934. The van der Waals surface area contributed by atoms with Crippen molar-refractivity contribution >= 4 is 6.03 Å². The highest BCUT2D eigenvalue weighted by molar-refractivity contribution is 5.74. The molecule has 2 fully saturated rings. The molecule has 0 bridgehead atoms. The van der Waals surface area contributed by atoms with Crippen LogP contribution in [0.5, 0.6) is 0 Å². The number of nitrogens with zero attached hydrogens (tertiary/aromatic N) is 4. The van der Waals surface area contributed by atoms with Crippen LogP contribution in [0.15, 0.2) is 0 Å². The van der Waals surface area contributed by atoms with E-state index < -0.39 is 0 Å². The van der Waals surface area contributed by atoms with Crippen LogP contribution in [0.3, 0.4) is 0 Å². The van der Waals surface area contributed by atoms with E-state index in [1.807, 2.05) is 11.8 Å². The summed E-state index contributed by atoms with van der Waals surface area (Å²) in [5.74, 6) is 1.84. The van der Waals surface area contributed by atoms with Crippen LogP contribution >= 0.6 is 0 Å². The number of rotatable bonds is 2. The molecule has 1 N–H and O–H groups in total. The van der Waals surface area contributed by atoms with E-state index in [2.05, 4.69) is 20.1 Å². The fourth-order valence-corrected chi connectivity index (χ4v) is 4.56. The number of carbonyl (C=O) groups excluding carboxylic acids is 1. The second-order valence-corrected chi connectivity index (χ2v) is 7.65. The number of urea groups is 1. The van der Waals surface area contributed by atoms with Crippen LogP contribution in [0.25, 0.3) is 0 Å². The number of hydrogen-bond acceptors (Lipinski definition) is 4. The Morgan fingerprint density at radius 3 is 2.71 bits per heavy atom. The molecule has 1 aromatic heterocycles. The Kier molecular flexibility index (Phi) is 3.98. The predicted octanol–water partition coefficient (Wildman–Crippen LogP) is 2.02. The van der Waals surface area contributed by atoms with Gasteiger partial charge in [-0.15, -0.1) is 10.2 Å². The summed E-state index contributed by atoms with van der Waals surface area (Å²) in [5.41, 5.74) is 0.430. The van der Waals surface area contributed by atoms with Crippen LogP contribution in [-0.2, 0) is 11.3 Å². The predicted molar refractivity (Wildman–Crippen MR) is 88.5 cm³/mol. The summed E-state index contributed by atoms with van der Waals surface area (Å²) in [7, 11) is 1.80. The van der Waals surface area contributed by atoms with E-state index >= 15 is 0 Å². The number of amides is 2. The van der Waals surface area contributed by atoms with Crippen LogP contribution in [0.1, 0.15) is 56.2 Å². The molecular weight excluding hydrogens is 306 g/mol. The van der Waals surface area contributed by atoms with E-state index in [4.69, 9.17) is 4.74 Å². The van der Waals surface area contributed by atoms with Gasteiger partial charge in [-0.05, 0) is 50.9 Å². The Morgan fingerprint density at radius 1 is 1.25 bits per heavy atom. The Bertz CT molecular complexity index is 612. The maximum atomic E-state index is 12.7. The normalized spacial score (nSPS) is 26.1. The zero-order valence-corrected chi connectivity index (χ0v) is 14.6. The van der Waals surface area contributed by atoms with Gasteiger partial charge in [0.25, 0.3) is 0 Å². The molecule has 24 heavy (non-hydrogen) atoms. The number of aromatic nitrogens is 3. The molecule has 1 aliphatic carbocycles. The maximum Gasteiger partial charge on any atom is 0.317 e. The summed E-state index contributed by atoms with van der Waals surface area (Å²) in [5, 5.41) is 11.6. The molecule has 1 spiro atoms. The molecule has 1 unspecified atom stereocenters. The Hall–Kier alpha value is -1.63. The van der Waals surface area contributed by atoms with Gasteiger partial charge in [0.2, 0.25) is 0 Å². The van der Waals surface area contributed by atoms with Gasteiger partial charge in [-0.2, -0.15) is 0 Å². The monoisotopic (exact) mass is 333 g/mol. The maximum absolute atomic E-state index is 12.7. The fourth-order valence-electron chi connectivity index (χ4n) is 4.56. The second kappa shape index (κ2) is 6.02. The highest BCUT2D eigenvalue weighted by Gasteiger charge is 2.46. The van der Waals surface area contributed by atoms with Gasteiger partial charge in [-0.25, -0.2) is 4.79 Å². The van der Waals surface area contributed by atoms with E-state index in [1.54, 1.807) is 7.11 Å². The van der Waals surface area contributed by atoms with Crippen LogP contribution in [0.2, 0.25) is 0 Å². The lowest BCUT2D eigenvalue weighted by atomic mass is 9.61. The second-order valence-electron chi connectivity index (χ2n) is 7.65. The third-order valence-electron chi connectivity index (χ3n) is 6.21. The van der Waals surface area contributed by atoms with Crippen LogP contribution in [-0.4, -0.2) is 52.0 Å². The number of piperidine rings is 1. The van der Waals surface area contributed by atoms with Gasteiger partial charge in [-0.3, -0.25) is 0 Å². The summed E-state index contributed by atoms with van der Waals surface area (Å²) >= 11 is 0. The zero-order chi connectivity index (χ0) is 16.7. The zero-order valence-electron chi connectivity index (χ0n) is 14.6. The molecule has 7 heteroatoms. The van der Waals surface area contributed by atoms with Gasteiger partial charge in [0.1, 0.15) is 5.82 Å². The van der Waals surface area contributed by atoms with Crippen LogP contribution in [0.4, 0.5) is 4.79 Å².